The molecule has 2 aromatic rings. The van der Waals surface area contributed by atoms with Gasteiger partial charge in [0.05, 0.1) is 0 Å². The number of carbonyl (C=O) groups excluding carboxylic acids is 2. The van der Waals surface area contributed by atoms with Crippen molar-refractivity contribution in [3.05, 3.63) is 47.8 Å². The molecule has 0 radical (unpaired) electrons. The van der Waals surface area contributed by atoms with E-state index in [1.54, 1.807) is 23.4 Å². The molecule has 0 N–H and O–H groups in total. The van der Waals surface area contributed by atoms with Gasteiger partial charge in [-0.2, -0.15) is 0 Å². The number of anilines is 1. The highest BCUT2D eigenvalue weighted by Gasteiger charge is 2.23. The summed E-state index contributed by atoms with van der Waals surface area (Å²) in [4.78, 5) is 36.4. The maximum Gasteiger partial charge on any atom is 0.344 e. The second-order valence-electron chi connectivity index (χ2n) is 7.54. The Morgan fingerprint density at radius 1 is 1.07 bits per heavy atom. The van der Waals surface area contributed by atoms with E-state index in [2.05, 4.69) is 23.8 Å². The van der Waals surface area contributed by atoms with Crippen molar-refractivity contribution in [2.75, 3.05) is 44.3 Å². The molecule has 0 aliphatic carbocycles. The predicted molar refractivity (Wildman–Crippen MR) is 113 cm³/mol. The Labute approximate surface area is 176 Å². The first kappa shape index (κ1) is 21.5. The minimum atomic E-state index is -0.565. The standard InChI is InChI=1S/C22H28N4O4/c1-16(2)19-6-5-18(13-17(19)3)29-15-21(28)30-14-20(27)25-9-11-26(12-10-25)22-23-7-4-8-24-22/h4-8,13,16H,9-12,14-15H2,1-3H3. The third-order valence-corrected chi connectivity index (χ3v) is 5.04. The van der Waals surface area contributed by atoms with E-state index in [4.69, 9.17) is 9.47 Å². The molecule has 0 saturated carbocycles. The number of esters is 1. The molecule has 1 aromatic carbocycles. The number of nitrogens with zero attached hydrogens (tertiary/aromatic N) is 4. The smallest absolute Gasteiger partial charge is 0.344 e. The van der Waals surface area contributed by atoms with Crippen LogP contribution in [0.4, 0.5) is 5.95 Å². The summed E-state index contributed by atoms with van der Waals surface area (Å²) < 4.78 is 10.6. The molecule has 8 nitrogen and oxygen atoms in total. The van der Waals surface area contributed by atoms with Crippen LogP contribution in [0.3, 0.4) is 0 Å². The number of aromatic nitrogens is 2. The highest BCUT2D eigenvalue weighted by Crippen LogP contribution is 2.23. The van der Waals surface area contributed by atoms with E-state index in [-0.39, 0.29) is 19.1 Å². The fourth-order valence-electron chi connectivity index (χ4n) is 3.41. The van der Waals surface area contributed by atoms with Crippen LogP contribution >= 0.6 is 0 Å². The van der Waals surface area contributed by atoms with Gasteiger partial charge in [-0.05, 0) is 42.2 Å². The molecule has 0 atom stereocenters. The predicted octanol–water partition coefficient (Wildman–Crippen LogP) is 2.18. The van der Waals surface area contributed by atoms with Gasteiger partial charge in [0, 0.05) is 38.6 Å². The van der Waals surface area contributed by atoms with Crippen LogP contribution in [0.1, 0.15) is 30.9 Å². The lowest BCUT2D eigenvalue weighted by molar-refractivity contribution is -0.153. The van der Waals surface area contributed by atoms with Gasteiger partial charge in [-0.15, -0.1) is 0 Å². The summed E-state index contributed by atoms with van der Waals surface area (Å²) in [5.74, 6) is 0.917. The van der Waals surface area contributed by atoms with Gasteiger partial charge in [0.25, 0.3) is 5.91 Å². The zero-order valence-electron chi connectivity index (χ0n) is 17.7. The summed E-state index contributed by atoms with van der Waals surface area (Å²) in [5.41, 5.74) is 2.36. The van der Waals surface area contributed by atoms with E-state index in [1.165, 1.54) is 5.56 Å². The highest BCUT2D eigenvalue weighted by molar-refractivity contribution is 5.81. The highest BCUT2D eigenvalue weighted by atomic mass is 16.6. The molecule has 0 unspecified atom stereocenters. The first-order chi connectivity index (χ1) is 14.4. The average molecular weight is 412 g/mol. The van der Waals surface area contributed by atoms with Crippen LogP contribution in [0, 0.1) is 6.92 Å². The fourth-order valence-corrected chi connectivity index (χ4v) is 3.41. The van der Waals surface area contributed by atoms with Crippen molar-refractivity contribution in [2.45, 2.75) is 26.7 Å². The normalized spacial score (nSPS) is 14.0. The topological polar surface area (TPSA) is 84.9 Å². The first-order valence-corrected chi connectivity index (χ1v) is 10.1. The van der Waals surface area contributed by atoms with Crippen molar-refractivity contribution in [3.63, 3.8) is 0 Å². The lowest BCUT2D eigenvalue weighted by atomic mass is 9.98. The summed E-state index contributed by atoms with van der Waals surface area (Å²) in [7, 11) is 0. The van der Waals surface area contributed by atoms with Crippen molar-refractivity contribution in [1.29, 1.82) is 0 Å². The van der Waals surface area contributed by atoms with Crippen LogP contribution < -0.4 is 9.64 Å². The van der Waals surface area contributed by atoms with Gasteiger partial charge in [0.2, 0.25) is 5.95 Å². The first-order valence-electron chi connectivity index (χ1n) is 10.1. The molecule has 8 heteroatoms. The zero-order chi connectivity index (χ0) is 21.5. The fraction of sp³-hybridized carbons (Fsp3) is 0.455. The molecule has 1 fully saturated rings. The van der Waals surface area contributed by atoms with Crippen molar-refractivity contribution in [3.8, 4) is 5.75 Å². The third-order valence-electron chi connectivity index (χ3n) is 5.04. The quantitative estimate of drug-likeness (QED) is 0.645. The maximum atomic E-state index is 12.3. The number of benzene rings is 1. The lowest BCUT2D eigenvalue weighted by Gasteiger charge is -2.34. The molecular formula is C22H28N4O4. The van der Waals surface area contributed by atoms with Crippen LogP contribution in [-0.2, 0) is 14.3 Å². The van der Waals surface area contributed by atoms with Gasteiger partial charge in [0.15, 0.2) is 13.2 Å². The van der Waals surface area contributed by atoms with E-state index in [1.807, 2.05) is 30.0 Å². The lowest BCUT2D eigenvalue weighted by Crippen LogP contribution is -2.50. The van der Waals surface area contributed by atoms with Gasteiger partial charge in [-0.25, -0.2) is 14.8 Å². The minimum Gasteiger partial charge on any atom is -0.482 e. The maximum absolute atomic E-state index is 12.3. The van der Waals surface area contributed by atoms with Crippen molar-refractivity contribution >= 4 is 17.8 Å². The number of ether oxygens (including phenoxy) is 2. The van der Waals surface area contributed by atoms with Crippen LogP contribution in [0.5, 0.6) is 5.75 Å². The van der Waals surface area contributed by atoms with E-state index < -0.39 is 5.97 Å². The van der Waals surface area contributed by atoms with Crippen LogP contribution in [0.2, 0.25) is 0 Å². The molecule has 1 amide bonds. The van der Waals surface area contributed by atoms with Crippen molar-refractivity contribution < 1.29 is 19.1 Å². The number of hydrogen-bond acceptors (Lipinski definition) is 7. The Bertz CT molecular complexity index is 865. The second kappa shape index (κ2) is 10.0. The van der Waals surface area contributed by atoms with Gasteiger partial charge >= 0.3 is 5.97 Å². The summed E-state index contributed by atoms with van der Waals surface area (Å²) >= 11 is 0. The number of piperazine rings is 1. The number of rotatable bonds is 7. The van der Waals surface area contributed by atoms with Gasteiger partial charge in [-0.3, -0.25) is 4.79 Å². The molecule has 2 heterocycles. The molecule has 30 heavy (non-hydrogen) atoms. The molecule has 160 valence electrons. The third kappa shape index (κ3) is 5.68. The summed E-state index contributed by atoms with van der Waals surface area (Å²) in [6.45, 7) is 8.11. The monoisotopic (exact) mass is 412 g/mol. The molecule has 0 spiro atoms. The van der Waals surface area contributed by atoms with E-state index in [0.29, 0.717) is 43.8 Å². The minimum absolute atomic E-state index is 0.214. The number of aryl methyl sites for hydroxylation is 1. The van der Waals surface area contributed by atoms with E-state index in [9.17, 15) is 9.59 Å². The molecule has 1 aromatic heterocycles. The largest absolute Gasteiger partial charge is 0.482 e. The molecule has 3 rings (SSSR count). The van der Waals surface area contributed by atoms with E-state index >= 15 is 0 Å². The van der Waals surface area contributed by atoms with Crippen molar-refractivity contribution in [2.24, 2.45) is 0 Å². The van der Waals surface area contributed by atoms with Crippen LogP contribution in [-0.4, -0.2) is 66.1 Å². The van der Waals surface area contributed by atoms with Crippen LogP contribution in [0.15, 0.2) is 36.7 Å². The number of amides is 1. The molecule has 1 aliphatic heterocycles. The zero-order valence-corrected chi connectivity index (χ0v) is 17.7. The molecule has 1 aliphatic rings. The number of carbonyl (C=O) groups is 2. The van der Waals surface area contributed by atoms with Gasteiger partial charge < -0.3 is 19.3 Å². The van der Waals surface area contributed by atoms with E-state index in [0.717, 1.165) is 5.56 Å². The van der Waals surface area contributed by atoms with Crippen molar-refractivity contribution in [1.82, 2.24) is 14.9 Å². The Balaban J connectivity index is 1.39. The Morgan fingerprint density at radius 3 is 2.40 bits per heavy atom. The second-order valence-corrected chi connectivity index (χ2v) is 7.54. The molecule has 0 bridgehead atoms. The van der Waals surface area contributed by atoms with Crippen LogP contribution in [0.25, 0.3) is 0 Å². The van der Waals surface area contributed by atoms with Gasteiger partial charge in [0.1, 0.15) is 5.75 Å². The average Bonchev–Trinajstić information content (AvgIpc) is 2.76. The Hall–Kier alpha value is -3.16. The Morgan fingerprint density at radius 2 is 1.77 bits per heavy atom. The van der Waals surface area contributed by atoms with Gasteiger partial charge in [-0.1, -0.05) is 19.9 Å². The molecule has 1 saturated heterocycles. The summed E-state index contributed by atoms with van der Waals surface area (Å²) in [6, 6.07) is 7.52. The summed E-state index contributed by atoms with van der Waals surface area (Å²) in [6.07, 6.45) is 3.39. The number of hydrogen-bond donors (Lipinski definition) is 0. The molecular weight excluding hydrogens is 384 g/mol. The summed E-state index contributed by atoms with van der Waals surface area (Å²) in [5, 5.41) is 0. The Kier molecular flexibility index (Phi) is 7.21. The SMILES string of the molecule is Cc1cc(OCC(=O)OCC(=O)N2CCN(c3ncccn3)CC2)ccc1C(C)C.